The van der Waals surface area contributed by atoms with E-state index in [1.54, 1.807) is 11.3 Å². The number of thiophene rings is 1. The molecule has 0 spiro atoms. The Labute approximate surface area is 72.2 Å². The van der Waals surface area contributed by atoms with E-state index in [2.05, 4.69) is 32.2 Å². The van der Waals surface area contributed by atoms with E-state index in [0.29, 0.717) is 0 Å². The maximum absolute atomic E-state index is 6.03. The van der Waals surface area contributed by atoms with Crippen LogP contribution in [0.3, 0.4) is 0 Å². The molecule has 2 heteroatoms. The van der Waals surface area contributed by atoms with Gasteiger partial charge in [-0.1, -0.05) is 26.8 Å². The molecular formula is C9H15NS. The molecule has 11 heavy (non-hydrogen) atoms. The molecule has 1 aromatic rings. The van der Waals surface area contributed by atoms with Gasteiger partial charge in [0.05, 0.1) is 0 Å². The highest BCUT2D eigenvalue weighted by Gasteiger charge is 2.22. The minimum absolute atomic E-state index is 0.169. The van der Waals surface area contributed by atoms with Crippen LogP contribution in [0.1, 0.15) is 31.7 Å². The maximum atomic E-state index is 6.03. The molecule has 1 nitrogen and oxygen atoms in total. The summed E-state index contributed by atoms with van der Waals surface area (Å²) in [6, 6.07) is 4.31. The minimum Gasteiger partial charge on any atom is -0.323 e. The Bertz CT molecular complexity index is 208. The van der Waals surface area contributed by atoms with Gasteiger partial charge in [-0.15, -0.1) is 11.3 Å². The lowest BCUT2D eigenvalue weighted by molar-refractivity contribution is 0.331. The summed E-state index contributed by atoms with van der Waals surface area (Å²) in [5.41, 5.74) is 6.20. The van der Waals surface area contributed by atoms with E-state index in [9.17, 15) is 0 Å². The zero-order valence-electron chi connectivity index (χ0n) is 7.29. The molecule has 1 heterocycles. The fourth-order valence-electron chi connectivity index (χ4n) is 0.895. The summed E-state index contributed by atoms with van der Waals surface area (Å²) >= 11 is 1.73. The summed E-state index contributed by atoms with van der Waals surface area (Å²) in [4.78, 5) is 1.28. The molecule has 0 radical (unpaired) electrons. The van der Waals surface area contributed by atoms with Crippen LogP contribution in [-0.2, 0) is 0 Å². The second-order valence-electron chi connectivity index (χ2n) is 3.86. The Morgan fingerprint density at radius 3 is 2.45 bits per heavy atom. The molecule has 1 atom stereocenters. The van der Waals surface area contributed by atoms with Gasteiger partial charge in [0.2, 0.25) is 0 Å². The molecule has 0 saturated carbocycles. The Morgan fingerprint density at radius 2 is 2.09 bits per heavy atom. The number of rotatable bonds is 1. The van der Waals surface area contributed by atoms with Crippen molar-refractivity contribution in [3.63, 3.8) is 0 Å². The van der Waals surface area contributed by atoms with Crippen molar-refractivity contribution < 1.29 is 0 Å². The van der Waals surface area contributed by atoms with Gasteiger partial charge in [-0.25, -0.2) is 0 Å². The highest BCUT2D eigenvalue weighted by molar-refractivity contribution is 7.10. The molecule has 1 aromatic heterocycles. The second kappa shape index (κ2) is 2.95. The molecular weight excluding hydrogens is 154 g/mol. The molecule has 1 rings (SSSR count). The van der Waals surface area contributed by atoms with Crippen LogP contribution < -0.4 is 5.73 Å². The standard InChI is InChI=1S/C9H15NS/c1-9(2,3)8(10)7-5-4-6-11-7/h4-6,8H,10H2,1-3H3. The van der Waals surface area contributed by atoms with Crippen molar-refractivity contribution in [1.29, 1.82) is 0 Å². The predicted molar refractivity (Wildman–Crippen MR) is 50.7 cm³/mol. The van der Waals surface area contributed by atoms with Crippen LogP contribution in [0.5, 0.6) is 0 Å². The van der Waals surface area contributed by atoms with Gasteiger partial charge in [-0.05, 0) is 16.9 Å². The van der Waals surface area contributed by atoms with Gasteiger partial charge in [-0.3, -0.25) is 0 Å². The van der Waals surface area contributed by atoms with Crippen molar-refractivity contribution in [2.24, 2.45) is 11.1 Å². The van der Waals surface area contributed by atoms with Gasteiger partial charge >= 0.3 is 0 Å². The molecule has 0 aliphatic carbocycles. The van der Waals surface area contributed by atoms with Crippen LogP contribution in [0.2, 0.25) is 0 Å². The minimum atomic E-state index is 0.169. The van der Waals surface area contributed by atoms with Gasteiger partial charge in [0.15, 0.2) is 0 Å². The lowest BCUT2D eigenvalue weighted by atomic mass is 9.87. The van der Waals surface area contributed by atoms with Crippen LogP contribution >= 0.6 is 11.3 Å². The van der Waals surface area contributed by atoms with Gasteiger partial charge in [-0.2, -0.15) is 0 Å². The summed E-state index contributed by atoms with van der Waals surface area (Å²) in [6.07, 6.45) is 0. The van der Waals surface area contributed by atoms with Crippen LogP contribution in [0, 0.1) is 5.41 Å². The number of hydrogen-bond donors (Lipinski definition) is 1. The van der Waals surface area contributed by atoms with Crippen LogP contribution in [0.15, 0.2) is 17.5 Å². The van der Waals surface area contributed by atoms with Gasteiger partial charge < -0.3 is 5.73 Å². The first kappa shape index (κ1) is 8.75. The monoisotopic (exact) mass is 169 g/mol. The fourth-order valence-corrected chi connectivity index (χ4v) is 1.87. The highest BCUT2D eigenvalue weighted by Crippen LogP contribution is 2.32. The summed E-state index contributed by atoms with van der Waals surface area (Å²) in [7, 11) is 0. The van der Waals surface area contributed by atoms with Crippen molar-refractivity contribution in [1.82, 2.24) is 0 Å². The topological polar surface area (TPSA) is 26.0 Å². The van der Waals surface area contributed by atoms with E-state index in [0.717, 1.165) is 0 Å². The first-order chi connectivity index (χ1) is 5.02. The third kappa shape index (κ3) is 2.04. The average Bonchev–Trinajstić information content (AvgIpc) is 2.34. The SMILES string of the molecule is CC(C)(C)C(N)c1cccs1. The third-order valence-corrected chi connectivity index (χ3v) is 2.74. The third-order valence-electron chi connectivity index (χ3n) is 1.78. The van der Waals surface area contributed by atoms with Crippen molar-refractivity contribution in [2.75, 3.05) is 0 Å². The summed E-state index contributed by atoms with van der Waals surface area (Å²) in [6.45, 7) is 6.49. The molecule has 0 saturated heterocycles. The number of hydrogen-bond acceptors (Lipinski definition) is 2. The van der Waals surface area contributed by atoms with Crippen LogP contribution in [0.4, 0.5) is 0 Å². The zero-order chi connectivity index (χ0) is 8.48. The Kier molecular flexibility index (Phi) is 2.35. The van der Waals surface area contributed by atoms with Crippen molar-refractivity contribution in [2.45, 2.75) is 26.8 Å². The average molecular weight is 169 g/mol. The van der Waals surface area contributed by atoms with E-state index < -0.39 is 0 Å². The first-order valence-corrected chi connectivity index (χ1v) is 4.69. The van der Waals surface area contributed by atoms with E-state index >= 15 is 0 Å². The predicted octanol–water partition coefficient (Wildman–Crippen LogP) is 2.79. The lowest BCUT2D eigenvalue weighted by Gasteiger charge is -2.25. The van der Waals surface area contributed by atoms with Crippen LogP contribution in [0.25, 0.3) is 0 Å². The van der Waals surface area contributed by atoms with Crippen molar-refractivity contribution in [3.8, 4) is 0 Å². The van der Waals surface area contributed by atoms with Crippen molar-refractivity contribution >= 4 is 11.3 Å². The normalized spacial score (nSPS) is 14.9. The summed E-state index contributed by atoms with van der Waals surface area (Å²) < 4.78 is 0. The Hall–Kier alpha value is -0.340. The molecule has 0 aromatic carbocycles. The van der Waals surface area contributed by atoms with Crippen molar-refractivity contribution in [3.05, 3.63) is 22.4 Å². The highest BCUT2D eigenvalue weighted by atomic mass is 32.1. The van der Waals surface area contributed by atoms with E-state index in [1.165, 1.54) is 4.88 Å². The second-order valence-corrected chi connectivity index (χ2v) is 4.84. The zero-order valence-corrected chi connectivity index (χ0v) is 8.11. The van der Waals surface area contributed by atoms with Crippen LogP contribution in [-0.4, -0.2) is 0 Å². The Balaban J connectivity index is 2.78. The lowest BCUT2D eigenvalue weighted by Crippen LogP contribution is -2.25. The largest absolute Gasteiger partial charge is 0.323 e. The molecule has 0 amide bonds. The molecule has 1 unspecified atom stereocenters. The van der Waals surface area contributed by atoms with Gasteiger partial charge in [0, 0.05) is 10.9 Å². The smallest absolute Gasteiger partial charge is 0.0438 e. The first-order valence-electron chi connectivity index (χ1n) is 3.81. The number of nitrogens with two attached hydrogens (primary N) is 1. The molecule has 62 valence electrons. The van der Waals surface area contributed by atoms with E-state index in [-0.39, 0.29) is 11.5 Å². The molecule has 0 fully saturated rings. The quantitative estimate of drug-likeness (QED) is 0.687. The summed E-state index contributed by atoms with van der Waals surface area (Å²) in [5.74, 6) is 0. The van der Waals surface area contributed by atoms with Gasteiger partial charge in [0.1, 0.15) is 0 Å². The summed E-state index contributed by atoms with van der Waals surface area (Å²) in [5, 5.41) is 2.07. The molecule has 0 bridgehead atoms. The Morgan fingerprint density at radius 1 is 1.45 bits per heavy atom. The maximum Gasteiger partial charge on any atom is 0.0438 e. The fraction of sp³-hybridized carbons (Fsp3) is 0.556. The van der Waals surface area contributed by atoms with E-state index in [1.807, 2.05) is 6.07 Å². The molecule has 2 N–H and O–H groups in total. The van der Waals surface area contributed by atoms with E-state index in [4.69, 9.17) is 5.73 Å². The molecule has 0 aliphatic rings. The van der Waals surface area contributed by atoms with Gasteiger partial charge in [0.25, 0.3) is 0 Å². The molecule has 0 aliphatic heterocycles.